The highest BCUT2D eigenvalue weighted by atomic mass is 15.5. The molecule has 1 N–H and O–H groups in total. The summed E-state index contributed by atoms with van der Waals surface area (Å²) < 4.78 is 2.24. The molecule has 0 aliphatic heterocycles. The molecule has 5 aromatic rings. The first-order valence-corrected chi connectivity index (χ1v) is 11.5. The van der Waals surface area contributed by atoms with Crippen molar-refractivity contribution in [2.24, 2.45) is 0 Å². The lowest BCUT2D eigenvalue weighted by atomic mass is 9.92. The van der Waals surface area contributed by atoms with Crippen LogP contribution in [-0.2, 0) is 13.0 Å². The standard InChI is InChI=1S/C27H27N7/c1-5-23-29-25-17(2)15-18(3)28-27(25)34(23)16-20-11-13-22(14-12-20)24(21-9-7-6-8-10-21)19(4)26-30-32-33-31-26/h6-15H,5,16H2,1-4H3,(H,30,31,32,33). The van der Waals surface area contributed by atoms with Crippen LogP contribution >= 0.6 is 0 Å². The van der Waals surface area contributed by atoms with E-state index >= 15 is 0 Å². The molecule has 5 rings (SSSR count). The van der Waals surface area contributed by atoms with Crippen molar-refractivity contribution in [3.05, 3.63) is 100 Å². The van der Waals surface area contributed by atoms with Crippen LogP contribution in [0.1, 0.15) is 53.4 Å². The molecule has 0 fully saturated rings. The molecule has 170 valence electrons. The van der Waals surface area contributed by atoms with E-state index in [0.717, 1.165) is 57.9 Å². The first-order valence-electron chi connectivity index (χ1n) is 11.5. The zero-order chi connectivity index (χ0) is 23.7. The van der Waals surface area contributed by atoms with Crippen molar-refractivity contribution >= 4 is 22.3 Å². The molecule has 7 heteroatoms. The Hall–Kier alpha value is -4.13. The minimum Gasteiger partial charge on any atom is -0.308 e. The van der Waals surface area contributed by atoms with Crippen molar-refractivity contribution in [1.82, 2.24) is 35.2 Å². The fraction of sp³-hybridized carbons (Fsp3) is 0.222. The van der Waals surface area contributed by atoms with Gasteiger partial charge in [-0.25, -0.2) is 9.97 Å². The van der Waals surface area contributed by atoms with Gasteiger partial charge in [-0.2, -0.15) is 5.21 Å². The van der Waals surface area contributed by atoms with Crippen molar-refractivity contribution < 1.29 is 0 Å². The van der Waals surface area contributed by atoms with Crippen LogP contribution in [0, 0.1) is 13.8 Å². The highest BCUT2D eigenvalue weighted by Crippen LogP contribution is 2.31. The molecule has 0 spiro atoms. The zero-order valence-corrected chi connectivity index (χ0v) is 19.9. The van der Waals surface area contributed by atoms with Gasteiger partial charge in [0, 0.05) is 17.7 Å². The summed E-state index contributed by atoms with van der Waals surface area (Å²) in [6, 6.07) is 21.1. The number of rotatable bonds is 6. The van der Waals surface area contributed by atoms with Crippen LogP contribution in [0.25, 0.3) is 22.3 Å². The van der Waals surface area contributed by atoms with Crippen LogP contribution in [0.5, 0.6) is 0 Å². The fourth-order valence-electron chi connectivity index (χ4n) is 4.48. The van der Waals surface area contributed by atoms with Gasteiger partial charge in [-0.1, -0.05) is 61.5 Å². The lowest BCUT2D eigenvalue weighted by Gasteiger charge is -2.13. The SMILES string of the molecule is CCc1nc2c(C)cc(C)nc2n1Cc1ccc(C(=C(C)c2nn[nH]n2)c2ccccc2)cc1. The van der Waals surface area contributed by atoms with Crippen molar-refractivity contribution in [3.63, 3.8) is 0 Å². The fourth-order valence-corrected chi connectivity index (χ4v) is 4.48. The summed E-state index contributed by atoms with van der Waals surface area (Å²) in [6.07, 6.45) is 0.859. The number of fused-ring (bicyclic) bond motifs is 1. The van der Waals surface area contributed by atoms with Crippen LogP contribution < -0.4 is 0 Å². The molecule has 0 radical (unpaired) electrons. The van der Waals surface area contributed by atoms with Gasteiger partial charge in [0.2, 0.25) is 5.82 Å². The third-order valence-corrected chi connectivity index (χ3v) is 6.12. The Balaban J connectivity index is 1.54. The predicted octanol–water partition coefficient (Wildman–Crippen LogP) is 5.15. The highest BCUT2D eigenvalue weighted by Gasteiger charge is 2.16. The molecular formula is C27H27N7. The number of nitrogens with zero attached hydrogens (tertiary/aromatic N) is 6. The number of pyridine rings is 1. The maximum atomic E-state index is 4.88. The molecule has 0 saturated heterocycles. The lowest BCUT2D eigenvalue weighted by molar-refractivity contribution is 0.745. The molecule has 0 atom stereocenters. The average Bonchev–Trinajstić information content (AvgIpc) is 3.50. The minimum absolute atomic E-state index is 0.595. The molecule has 0 aliphatic rings. The topological polar surface area (TPSA) is 85.2 Å². The molecule has 0 amide bonds. The first-order chi connectivity index (χ1) is 16.5. The Labute approximate surface area is 198 Å². The smallest absolute Gasteiger partial charge is 0.201 e. The number of imidazole rings is 1. The normalized spacial score (nSPS) is 12.2. The summed E-state index contributed by atoms with van der Waals surface area (Å²) in [5.74, 6) is 1.65. The summed E-state index contributed by atoms with van der Waals surface area (Å²) in [6.45, 7) is 9.03. The van der Waals surface area contributed by atoms with E-state index in [0.29, 0.717) is 5.82 Å². The summed E-state index contributed by atoms with van der Waals surface area (Å²) in [5.41, 5.74) is 9.60. The molecule has 7 nitrogen and oxygen atoms in total. The van der Waals surface area contributed by atoms with Crippen LogP contribution in [0.4, 0.5) is 0 Å². The van der Waals surface area contributed by atoms with Gasteiger partial charge in [0.25, 0.3) is 0 Å². The van der Waals surface area contributed by atoms with Gasteiger partial charge in [-0.15, -0.1) is 10.2 Å². The van der Waals surface area contributed by atoms with Gasteiger partial charge in [-0.3, -0.25) is 0 Å². The monoisotopic (exact) mass is 449 g/mol. The number of aryl methyl sites for hydroxylation is 3. The van der Waals surface area contributed by atoms with Gasteiger partial charge in [0.1, 0.15) is 11.3 Å². The third kappa shape index (κ3) is 4.01. The van der Waals surface area contributed by atoms with Crippen molar-refractivity contribution in [3.8, 4) is 0 Å². The molecule has 0 bridgehead atoms. The predicted molar refractivity (Wildman–Crippen MR) is 134 cm³/mol. The molecule has 34 heavy (non-hydrogen) atoms. The Kier molecular flexibility index (Phi) is 5.76. The molecule has 0 unspecified atom stereocenters. The van der Waals surface area contributed by atoms with E-state index in [2.05, 4.69) is 81.5 Å². The summed E-state index contributed by atoms with van der Waals surface area (Å²) >= 11 is 0. The Bertz CT molecular complexity index is 1460. The minimum atomic E-state index is 0.595. The number of hydrogen-bond donors (Lipinski definition) is 1. The maximum Gasteiger partial charge on any atom is 0.201 e. The molecule has 0 aliphatic carbocycles. The largest absolute Gasteiger partial charge is 0.308 e. The van der Waals surface area contributed by atoms with E-state index in [9.17, 15) is 0 Å². The van der Waals surface area contributed by atoms with E-state index in [4.69, 9.17) is 9.97 Å². The number of hydrogen-bond acceptors (Lipinski definition) is 5. The van der Waals surface area contributed by atoms with Crippen molar-refractivity contribution in [2.45, 2.75) is 40.7 Å². The Morgan fingerprint density at radius 2 is 1.68 bits per heavy atom. The second-order valence-corrected chi connectivity index (χ2v) is 8.52. The molecular weight excluding hydrogens is 422 g/mol. The lowest BCUT2D eigenvalue weighted by Crippen LogP contribution is -2.06. The molecule has 0 saturated carbocycles. The van der Waals surface area contributed by atoms with E-state index in [-0.39, 0.29) is 0 Å². The summed E-state index contributed by atoms with van der Waals surface area (Å²) in [7, 11) is 0. The third-order valence-electron chi connectivity index (χ3n) is 6.12. The number of H-pyrrole nitrogens is 1. The van der Waals surface area contributed by atoms with Crippen LogP contribution in [-0.4, -0.2) is 35.2 Å². The number of tetrazole rings is 1. The number of aromatic nitrogens is 7. The van der Waals surface area contributed by atoms with Gasteiger partial charge >= 0.3 is 0 Å². The highest BCUT2D eigenvalue weighted by molar-refractivity contribution is 5.96. The van der Waals surface area contributed by atoms with Gasteiger partial charge < -0.3 is 4.57 Å². The zero-order valence-electron chi connectivity index (χ0n) is 19.9. The quantitative estimate of drug-likeness (QED) is 0.387. The van der Waals surface area contributed by atoms with Gasteiger partial charge in [0.15, 0.2) is 5.65 Å². The van der Waals surface area contributed by atoms with Crippen LogP contribution in [0.2, 0.25) is 0 Å². The maximum absolute atomic E-state index is 4.88. The van der Waals surface area contributed by atoms with E-state index in [1.165, 1.54) is 11.1 Å². The second kappa shape index (κ2) is 9.02. The van der Waals surface area contributed by atoms with Crippen molar-refractivity contribution in [2.75, 3.05) is 0 Å². The molecule has 2 aromatic carbocycles. The Morgan fingerprint density at radius 1 is 0.941 bits per heavy atom. The first kappa shape index (κ1) is 21.7. The number of aromatic amines is 1. The van der Waals surface area contributed by atoms with E-state index in [1.54, 1.807) is 0 Å². The Morgan fingerprint density at radius 3 is 2.35 bits per heavy atom. The number of benzene rings is 2. The van der Waals surface area contributed by atoms with Gasteiger partial charge in [0.05, 0.1) is 6.54 Å². The van der Waals surface area contributed by atoms with Crippen molar-refractivity contribution in [1.29, 1.82) is 0 Å². The van der Waals surface area contributed by atoms with Crippen LogP contribution in [0.15, 0.2) is 60.7 Å². The van der Waals surface area contributed by atoms with E-state index < -0.39 is 0 Å². The average molecular weight is 450 g/mol. The molecule has 3 aromatic heterocycles. The summed E-state index contributed by atoms with van der Waals surface area (Å²) in [4.78, 5) is 9.68. The van der Waals surface area contributed by atoms with E-state index in [1.807, 2.05) is 32.0 Å². The second-order valence-electron chi connectivity index (χ2n) is 8.52. The molecule has 3 heterocycles. The summed E-state index contributed by atoms with van der Waals surface area (Å²) in [5, 5.41) is 14.7. The number of allylic oxidation sites excluding steroid dienone is 1. The van der Waals surface area contributed by atoms with Crippen LogP contribution in [0.3, 0.4) is 0 Å². The van der Waals surface area contributed by atoms with Gasteiger partial charge in [-0.05, 0) is 59.9 Å². The number of nitrogens with one attached hydrogen (secondary N) is 1.